The Bertz CT molecular complexity index is 564. The summed E-state index contributed by atoms with van der Waals surface area (Å²) in [5, 5.41) is 6.64. The minimum Gasteiger partial charge on any atom is -0.365 e. The molecule has 0 atom stereocenters. The molecule has 4 N–H and O–H groups in total. The Labute approximate surface area is 129 Å². The van der Waals surface area contributed by atoms with Crippen molar-refractivity contribution in [3.63, 3.8) is 0 Å². The lowest BCUT2D eigenvalue weighted by atomic mass is 10.0. The van der Waals surface area contributed by atoms with Crippen LogP contribution in [0.5, 0.6) is 0 Å². The van der Waals surface area contributed by atoms with Gasteiger partial charge in [-0.1, -0.05) is 6.92 Å². The van der Waals surface area contributed by atoms with E-state index in [0.29, 0.717) is 10.6 Å². The van der Waals surface area contributed by atoms with Crippen LogP contribution >= 0.6 is 11.3 Å². The van der Waals surface area contributed by atoms with Crippen LogP contribution in [-0.4, -0.2) is 23.9 Å². The molecule has 21 heavy (non-hydrogen) atoms. The highest BCUT2D eigenvalue weighted by molar-refractivity contribution is 7.17. The maximum atomic E-state index is 12.1. The highest BCUT2D eigenvalue weighted by atomic mass is 32.1. The molecule has 2 rings (SSSR count). The van der Waals surface area contributed by atoms with Crippen LogP contribution < -0.4 is 16.4 Å². The Hall–Kier alpha value is -1.40. The molecule has 0 saturated carbocycles. The number of aryl methyl sites for hydroxylation is 1. The number of thiophene rings is 1. The molecule has 2 amide bonds. The Morgan fingerprint density at radius 3 is 2.67 bits per heavy atom. The van der Waals surface area contributed by atoms with Crippen LogP contribution in [0.15, 0.2) is 0 Å². The third-order valence-electron chi connectivity index (χ3n) is 4.03. The Morgan fingerprint density at radius 2 is 2.05 bits per heavy atom. The van der Waals surface area contributed by atoms with Gasteiger partial charge in [-0.05, 0) is 45.1 Å². The van der Waals surface area contributed by atoms with Gasteiger partial charge in [-0.3, -0.25) is 9.59 Å². The van der Waals surface area contributed by atoms with Crippen LogP contribution in [0, 0.1) is 0 Å². The van der Waals surface area contributed by atoms with Crippen LogP contribution in [0.3, 0.4) is 0 Å². The Morgan fingerprint density at radius 1 is 1.33 bits per heavy atom. The maximum absolute atomic E-state index is 12.1. The second-order valence-electron chi connectivity index (χ2n) is 6.06. The number of carbonyl (C=O) groups is 2. The second kappa shape index (κ2) is 6.15. The van der Waals surface area contributed by atoms with Crippen LogP contribution in [0.1, 0.15) is 54.4 Å². The summed E-state index contributed by atoms with van der Waals surface area (Å²) in [6.45, 7) is 6.39. The molecule has 0 fully saturated rings. The summed E-state index contributed by atoms with van der Waals surface area (Å²) in [5.41, 5.74) is 6.93. The van der Waals surface area contributed by atoms with Crippen molar-refractivity contribution in [3.8, 4) is 0 Å². The number of carbonyl (C=O) groups excluding carboxylic acids is 2. The Kier molecular flexibility index (Phi) is 4.68. The van der Waals surface area contributed by atoms with Gasteiger partial charge in [-0.2, -0.15) is 0 Å². The number of primary amides is 1. The van der Waals surface area contributed by atoms with Crippen LogP contribution in [-0.2, 0) is 17.6 Å². The number of hydrogen-bond donors (Lipinski definition) is 3. The minimum atomic E-state index is -0.452. The fourth-order valence-corrected chi connectivity index (χ4v) is 3.68. The maximum Gasteiger partial charge on any atom is 0.251 e. The van der Waals surface area contributed by atoms with E-state index in [2.05, 4.69) is 31.4 Å². The predicted octanol–water partition coefficient (Wildman–Crippen LogP) is 2.05. The summed E-state index contributed by atoms with van der Waals surface area (Å²) >= 11 is 1.48. The van der Waals surface area contributed by atoms with E-state index in [1.807, 2.05) is 0 Å². The smallest absolute Gasteiger partial charge is 0.251 e. The number of anilines is 1. The summed E-state index contributed by atoms with van der Waals surface area (Å²) in [5.74, 6) is -0.592. The predicted molar refractivity (Wildman–Crippen MR) is 85.9 cm³/mol. The molecule has 1 aromatic rings. The van der Waals surface area contributed by atoms with E-state index in [9.17, 15) is 9.59 Å². The summed E-state index contributed by atoms with van der Waals surface area (Å²) < 4.78 is 0. The fourth-order valence-electron chi connectivity index (χ4n) is 2.37. The van der Waals surface area contributed by atoms with Crippen molar-refractivity contribution >= 4 is 28.2 Å². The Balaban J connectivity index is 2.06. The van der Waals surface area contributed by atoms with E-state index >= 15 is 0 Å². The molecule has 0 radical (unpaired) electrons. The molecule has 0 bridgehead atoms. The summed E-state index contributed by atoms with van der Waals surface area (Å²) in [7, 11) is 0. The molecule has 1 aliphatic rings. The van der Waals surface area contributed by atoms with E-state index in [4.69, 9.17) is 5.73 Å². The molecule has 0 unspecified atom stereocenters. The van der Waals surface area contributed by atoms with Gasteiger partial charge in [0, 0.05) is 10.4 Å². The second-order valence-corrected chi connectivity index (χ2v) is 7.17. The first-order valence-electron chi connectivity index (χ1n) is 7.33. The monoisotopic (exact) mass is 309 g/mol. The number of nitrogens with one attached hydrogen (secondary N) is 2. The van der Waals surface area contributed by atoms with Gasteiger partial charge in [0.2, 0.25) is 5.91 Å². The van der Waals surface area contributed by atoms with E-state index in [-0.39, 0.29) is 18.0 Å². The lowest BCUT2D eigenvalue weighted by Gasteiger charge is -2.24. The van der Waals surface area contributed by atoms with Crippen molar-refractivity contribution < 1.29 is 9.59 Å². The average molecular weight is 309 g/mol. The first-order chi connectivity index (χ1) is 9.84. The molecule has 6 heteroatoms. The number of rotatable bonds is 6. The van der Waals surface area contributed by atoms with Gasteiger partial charge in [0.15, 0.2) is 0 Å². The molecule has 0 aromatic carbocycles. The van der Waals surface area contributed by atoms with Crippen molar-refractivity contribution in [2.45, 2.75) is 52.0 Å². The zero-order valence-corrected chi connectivity index (χ0v) is 13.7. The van der Waals surface area contributed by atoms with Crippen molar-refractivity contribution in [2.24, 2.45) is 5.73 Å². The van der Waals surface area contributed by atoms with E-state index in [0.717, 1.165) is 31.2 Å². The van der Waals surface area contributed by atoms with Gasteiger partial charge < -0.3 is 16.4 Å². The quantitative estimate of drug-likeness (QED) is 0.752. The third kappa shape index (κ3) is 3.63. The molecule has 5 nitrogen and oxygen atoms in total. The average Bonchev–Trinajstić information content (AvgIpc) is 2.96. The summed E-state index contributed by atoms with van der Waals surface area (Å²) in [6.07, 6.45) is 3.83. The molecule has 0 saturated heterocycles. The largest absolute Gasteiger partial charge is 0.365 e. The van der Waals surface area contributed by atoms with Crippen molar-refractivity contribution in [1.82, 2.24) is 5.32 Å². The lowest BCUT2D eigenvalue weighted by Crippen LogP contribution is -2.43. The van der Waals surface area contributed by atoms with Crippen molar-refractivity contribution in [1.29, 1.82) is 0 Å². The zero-order valence-electron chi connectivity index (χ0n) is 12.8. The van der Waals surface area contributed by atoms with Crippen molar-refractivity contribution in [2.75, 3.05) is 11.9 Å². The fraction of sp³-hybridized carbons (Fsp3) is 0.600. The van der Waals surface area contributed by atoms with Gasteiger partial charge in [0.05, 0.1) is 12.1 Å². The molecule has 0 spiro atoms. The van der Waals surface area contributed by atoms with Crippen LogP contribution in [0.2, 0.25) is 0 Å². The first-order valence-corrected chi connectivity index (χ1v) is 8.15. The topological polar surface area (TPSA) is 84.2 Å². The van der Waals surface area contributed by atoms with E-state index in [1.165, 1.54) is 16.2 Å². The van der Waals surface area contributed by atoms with Crippen molar-refractivity contribution in [3.05, 3.63) is 16.0 Å². The summed E-state index contributed by atoms with van der Waals surface area (Å²) in [6, 6.07) is 0. The van der Waals surface area contributed by atoms with Crippen LogP contribution in [0.25, 0.3) is 0 Å². The number of hydrogen-bond acceptors (Lipinski definition) is 4. The van der Waals surface area contributed by atoms with E-state index in [1.54, 1.807) is 0 Å². The summed E-state index contributed by atoms with van der Waals surface area (Å²) in [4.78, 5) is 24.9. The van der Waals surface area contributed by atoms with Gasteiger partial charge in [-0.25, -0.2) is 0 Å². The molecule has 116 valence electrons. The normalized spacial score (nSPS) is 14.0. The number of fused-ring (bicyclic) bond motifs is 1. The highest BCUT2D eigenvalue weighted by Crippen LogP contribution is 2.38. The van der Waals surface area contributed by atoms with Gasteiger partial charge in [0.25, 0.3) is 5.91 Å². The third-order valence-corrected chi connectivity index (χ3v) is 5.24. The molecule has 0 aliphatic heterocycles. The molecular formula is C15H23N3O2S. The number of nitrogens with two attached hydrogens (primary N) is 1. The van der Waals surface area contributed by atoms with Gasteiger partial charge in [-0.15, -0.1) is 11.3 Å². The zero-order chi connectivity index (χ0) is 15.6. The SMILES string of the molecule is CCC(C)(C)NCC(=O)Nc1sc2c(c1C(N)=O)CCC2. The molecule has 1 heterocycles. The van der Waals surface area contributed by atoms with E-state index < -0.39 is 5.91 Å². The molecular weight excluding hydrogens is 286 g/mol. The number of amides is 2. The standard InChI is InChI=1S/C15H23N3O2S/c1-4-15(2,3)17-8-11(19)18-14-12(13(16)20)9-6-5-7-10(9)21-14/h17H,4-8H2,1-3H3,(H2,16,20)(H,18,19). The lowest BCUT2D eigenvalue weighted by molar-refractivity contribution is -0.115. The molecule has 1 aliphatic carbocycles. The highest BCUT2D eigenvalue weighted by Gasteiger charge is 2.26. The van der Waals surface area contributed by atoms with Crippen LogP contribution in [0.4, 0.5) is 5.00 Å². The minimum absolute atomic E-state index is 0.0823. The molecule has 1 aromatic heterocycles. The van der Waals surface area contributed by atoms with Gasteiger partial charge >= 0.3 is 0 Å². The van der Waals surface area contributed by atoms with Gasteiger partial charge in [0.1, 0.15) is 5.00 Å². The first kappa shape index (κ1) is 16.0.